The van der Waals surface area contributed by atoms with Gasteiger partial charge in [-0.15, -0.1) is 12.4 Å². The van der Waals surface area contributed by atoms with Crippen molar-refractivity contribution in [1.82, 2.24) is 5.32 Å². The van der Waals surface area contributed by atoms with Crippen LogP contribution in [-0.4, -0.2) is 6.54 Å². The van der Waals surface area contributed by atoms with Gasteiger partial charge < -0.3 is 5.32 Å². The summed E-state index contributed by atoms with van der Waals surface area (Å²) in [6.45, 7) is 0.979. The van der Waals surface area contributed by atoms with E-state index in [9.17, 15) is 4.39 Å². The molecule has 1 aliphatic rings. The minimum Gasteiger partial charge on any atom is -0.310 e. The summed E-state index contributed by atoms with van der Waals surface area (Å²) in [6, 6.07) is 5.02. The lowest BCUT2D eigenvalue weighted by Crippen LogP contribution is -2.35. The highest BCUT2D eigenvalue weighted by molar-refractivity contribution is 6.30. The molecule has 0 amide bonds. The molecular weight excluding hydrogens is 212 g/mol. The van der Waals surface area contributed by atoms with Crippen molar-refractivity contribution in [3.63, 3.8) is 0 Å². The van der Waals surface area contributed by atoms with Crippen LogP contribution in [0.2, 0.25) is 5.02 Å². The van der Waals surface area contributed by atoms with Crippen molar-refractivity contribution in [3.05, 3.63) is 34.6 Å². The van der Waals surface area contributed by atoms with Crippen molar-refractivity contribution in [2.24, 2.45) is 0 Å². The van der Waals surface area contributed by atoms with Gasteiger partial charge in [-0.3, -0.25) is 0 Å². The van der Waals surface area contributed by atoms with E-state index in [4.69, 9.17) is 11.6 Å². The molecule has 1 saturated heterocycles. The van der Waals surface area contributed by atoms with Gasteiger partial charge in [0.05, 0.1) is 0 Å². The van der Waals surface area contributed by atoms with Crippen LogP contribution in [0.1, 0.15) is 18.0 Å². The Labute approximate surface area is 87.7 Å². The molecule has 1 heterocycles. The predicted octanol–water partition coefficient (Wildman–Crippen LogP) is 2.94. The van der Waals surface area contributed by atoms with E-state index >= 15 is 0 Å². The van der Waals surface area contributed by atoms with Crippen molar-refractivity contribution >= 4 is 24.0 Å². The van der Waals surface area contributed by atoms with Gasteiger partial charge in [0, 0.05) is 16.6 Å². The van der Waals surface area contributed by atoms with E-state index in [2.05, 4.69) is 5.32 Å². The summed E-state index contributed by atoms with van der Waals surface area (Å²) < 4.78 is 13.2. The van der Waals surface area contributed by atoms with Gasteiger partial charge >= 0.3 is 0 Å². The van der Waals surface area contributed by atoms with Gasteiger partial charge in [-0.2, -0.15) is 0 Å². The van der Waals surface area contributed by atoms with Gasteiger partial charge in [0.25, 0.3) is 0 Å². The molecule has 1 aliphatic heterocycles. The highest BCUT2D eigenvalue weighted by Crippen LogP contribution is 2.26. The van der Waals surface area contributed by atoms with E-state index in [0.29, 0.717) is 5.02 Å². The molecule has 0 saturated carbocycles. The maximum Gasteiger partial charge on any atom is 0.129 e. The van der Waals surface area contributed by atoms with Crippen molar-refractivity contribution < 1.29 is 4.39 Å². The number of hydrogen-bond donors (Lipinski definition) is 1. The van der Waals surface area contributed by atoms with Crippen molar-refractivity contribution in [2.45, 2.75) is 12.5 Å². The molecule has 1 aromatic rings. The minimum atomic E-state index is -0.209. The lowest BCUT2D eigenvalue weighted by Gasteiger charge is -2.28. The number of halogens is 3. The molecule has 1 nitrogen and oxygen atoms in total. The Morgan fingerprint density at radius 3 is 2.62 bits per heavy atom. The second kappa shape index (κ2) is 4.27. The zero-order valence-corrected chi connectivity index (χ0v) is 8.46. The highest BCUT2D eigenvalue weighted by atomic mass is 35.5. The summed E-state index contributed by atoms with van der Waals surface area (Å²) in [4.78, 5) is 0. The molecule has 1 atom stereocenters. The lowest BCUT2D eigenvalue weighted by atomic mass is 9.98. The molecule has 0 aromatic heterocycles. The van der Waals surface area contributed by atoms with Gasteiger partial charge in [-0.25, -0.2) is 4.39 Å². The first-order chi connectivity index (χ1) is 5.77. The van der Waals surface area contributed by atoms with Crippen LogP contribution in [0, 0.1) is 5.82 Å². The molecule has 0 aliphatic carbocycles. The predicted molar refractivity (Wildman–Crippen MR) is 54.0 cm³/mol. The maximum atomic E-state index is 13.2. The molecular formula is C9H10Cl2FN. The van der Waals surface area contributed by atoms with Crippen LogP contribution in [0.5, 0.6) is 0 Å². The Hall–Kier alpha value is -0.310. The van der Waals surface area contributed by atoms with Crippen LogP contribution in [0.4, 0.5) is 4.39 Å². The Bertz CT molecular complexity index is 300. The summed E-state index contributed by atoms with van der Waals surface area (Å²) in [7, 11) is 0. The van der Waals surface area contributed by atoms with Crippen LogP contribution in [0.3, 0.4) is 0 Å². The summed E-state index contributed by atoms with van der Waals surface area (Å²) >= 11 is 5.62. The van der Waals surface area contributed by atoms with Crippen LogP contribution in [-0.2, 0) is 0 Å². The minimum absolute atomic E-state index is 0. The summed E-state index contributed by atoms with van der Waals surface area (Å²) in [5.74, 6) is -0.209. The maximum absolute atomic E-state index is 13.2. The monoisotopic (exact) mass is 221 g/mol. The molecule has 13 heavy (non-hydrogen) atoms. The third kappa shape index (κ3) is 2.13. The molecule has 0 spiro atoms. The number of benzene rings is 1. The van der Waals surface area contributed by atoms with Gasteiger partial charge in [0.2, 0.25) is 0 Å². The fraction of sp³-hybridized carbons (Fsp3) is 0.333. The van der Waals surface area contributed by atoms with Crippen molar-refractivity contribution in [2.75, 3.05) is 6.54 Å². The van der Waals surface area contributed by atoms with Crippen LogP contribution >= 0.6 is 24.0 Å². The Kier molecular flexibility index (Phi) is 3.54. The summed E-state index contributed by atoms with van der Waals surface area (Å²) in [6.07, 6.45) is 1.01. The molecule has 72 valence electrons. The van der Waals surface area contributed by atoms with Crippen molar-refractivity contribution in [3.8, 4) is 0 Å². The molecule has 1 aromatic carbocycles. The van der Waals surface area contributed by atoms with E-state index in [0.717, 1.165) is 18.5 Å². The SMILES string of the molecule is Cl.Fc1cc(Cl)ccc1[C@H]1CCN1. The Balaban J connectivity index is 0.000000845. The van der Waals surface area contributed by atoms with Gasteiger partial charge in [0.1, 0.15) is 5.82 Å². The lowest BCUT2D eigenvalue weighted by molar-refractivity contribution is 0.370. The first-order valence-electron chi connectivity index (χ1n) is 3.96. The van der Waals surface area contributed by atoms with E-state index in [1.807, 2.05) is 0 Å². The summed E-state index contributed by atoms with van der Waals surface area (Å²) in [5, 5.41) is 3.59. The second-order valence-electron chi connectivity index (χ2n) is 2.96. The Morgan fingerprint density at radius 2 is 2.15 bits per heavy atom. The van der Waals surface area contributed by atoms with E-state index in [1.165, 1.54) is 6.07 Å². The van der Waals surface area contributed by atoms with Gasteiger partial charge in [-0.1, -0.05) is 17.7 Å². The van der Waals surface area contributed by atoms with Crippen LogP contribution < -0.4 is 5.32 Å². The topological polar surface area (TPSA) is 12.0 Å². The Morgan fingerprint density at radius 1 is 1.46 bits per heavy atom. The standard InChI is InChI=1S/C9H9ClFN.ClH/c10-6-1-2-7(8(11)5-6)9-3-4-12-9;/h1-2,5,9,12H,3-4H2;1H/t9-;/m1./s1. The number of nitrogens with one attached hydrogen (secondary N) is 1. The molecule has 0 unspecified atom stereocenters. The third-order valence-corrected chi connectivity index (χ3v) is 2.40. The van der Waals surface area contributed by atoms with Gasteiger partial charge in [0.15, 0.2) is 0 Å². The van der Waals surface area contributed by atoms with Crippen LogP contribution in [0.25, 0.3) is 0 Å². The normalized spacial score (nSPS) is 20.3. The average molecular weight is 222 g/mol. The highest BCUT2D eigenvalue weighted by Gasteiger charge is 2.21. The largest absolute Gasteiger partial charge is 0.310 e. The fourth-order valence-electron chi connectivity index (χ4n) is 1.34. The molecule has 4 heteroatoms. The molecule has 0 bridgehead atoms. The quantitative estimate of drug-likeness (QED) is 0.770. The average Bonchev–Trinajstić information content (AvgIpc) is 1.91. The third-order valence-electron chi connectivity index (χ3n) is 2.16. The fourth-order valence-corrected chi connectivity index (χ4v) is 1.50. The van der Waals surface area contributed by atoms with E-state index < -0.39 is 0 Å². The summed E-state index contributed by atoms with van der Waals surface area (Å²) in [5.41, 5.74) is 0.727. The zero-order valence-electron chi connectivity index (χ0n) is 6.89. The molecule has 2 rings (SSSR count). The first-order valence-corrected chi connectivity index (χ1v) is 4.33. The molecule has 1 N–H and O–H groups in total. The second-order valence-corrected chi connectivity index (χ2v) is 3.40. The smallest absolute Gasteiger partial charge is 0.129 e. The molecule has 1 fully saturated rings. The van der Waals surface area contributed by atoms with E-state index in [1.54, 1.807) is 12.1 Å². The van der Waals surface area contributed by atoms with Crippen LogP contribution in [0.15, 0.2) is 18.2 Å². The van der Waals surface area contributed by atoms with Gasteiger partial charge in [-0.05, 0) is 25.1 Å². The first kappa shape index (κ1) is 10.8. The number of hydrogen-bond acceptors (Lipinski definition) is 1. The van der Waals surface area contributed by atoms with Crippen molar-refractivity contribution in [1.29, 1.82) is 0 Å². The van der Waals surface area contributed by atoms with E-state index in [-0.39, 0.29) is 24.3 Å². The number of rotatable bonds is 1. The molecule has 0 radical (unpaired) electrons. The zero-order chi connectivity index (χ0) is 8.55.